The summed E-state index contributed by atoms with van der Waals surface area (Å²) in [7, 11) is 0. The fraction of sp³-hybridized carbons (Fsp3) is 0.0179. The van der Waals surface area contributed by atoms with Crippen molar-refractivity contribution < 1.29 is 0 Å². The number of benzene rings is 8. The van der Waals surface area contributed by atoms with Gasteiger partial charge in [0.2, 0.25) is 0 Å². The number of hydrogen-bond acceptors (Lipinski definition) is 4. The van der Waals surface area contributed by atoms with Crippen LogP contribution in [0.4, 0.5) is 0 Å². The van der Waals surface area contributed by atoms with E-state index in [1.807, 2.05) is 30.1 Å². The van der Waals surface area contributed by atoms with Gasteiger partial charge in [0.25, 0.3) is 0 Å². The van der Waals surface area contributed by atoms with Gasteiger partial charge in [-0.15, -0.1) is 0 Å². The van der Waals surface area contributed by atoms with Gasteiger partial charge in [-0.2, -0.15) is 0 Å². The standard InChI is InChI=1S/C56H35N3S/c1-2-14-39(15-3-1)55-58-51(38-26-24-36(25-27-38)41-16-12-32-57-35-41)34-52(59-55)40-28-30-46-44-19-7-6-18-43(44)45-20-8-9-21-47(45)56(50(46)33-40)48-22-10-11-23-53(48)60-54-42-17-5-4-13-37(42)29-31-49(54)56/h1-35H. The summed E-state index contributed by atoms with van der Waals surface area (Å²) >= 11 is 1.89. The highest BCUT2D eigenvalue weighted by Crippen LogP contribution is 2.62. The topological polar surface area (TPSA) is 38.7 Å². The average molecular weight is 782 g/mol. The molecule has 2 aromatic heterocycles. The van der Waals surface area contributed by atoms with E-state index in [1.165, 1.54) is 65.1 Å². The van der Waals surface area contributed by atoms with E-state index < -0.39 is 5.41 Å². The second-order valence-corrected chi connectivity index (χ2v) is 16.6. The number of fused-ring (bicyclic) bond motifs is 13. The van der Waals surface area contributed by atoms with E-state index in [9.17, 15) is 0 Å². The molecule has 0 amide bonds. The Hall–Kier alpha value is -7.40. The fourth-order valence-corrected chi connectivity index (χ4v) is 10.9. The van der Waals surface area contributed by atoms with E-state index in [-0.39, 0.29) is 0 Å². The lowest BCUT2D eigenvalue weighted by atomic mass is 9.62. The lowest BCUT2D eigenvalue weighted by Crippen LogP contribution is -2.34. The van der Waals surface area contributed by atoms with Crippen molar-refractivity contribution >= 4 is 22.5 Å². The molecule has 3 nitrogen and oxygen atoms in total. The maximum atomic E-state index is 5.37. The fourth-order valence-electron chi connectivity index (χ4n) is 9.57. The van der Waals surface area contributed by atoms with Crippen molar-refractivity contribution in [3.8, 4) is 67.3 Å². The molecule has 280 valence electrons. The zero-order chi connectivity index (χ0) is 39.6. The Labute approximate surface area is 353 Å². The molecule has 1 atom stereocenters. The number of pyridine rings is 1. The summed E-state index contributed by atoms with van der Waals surface area (Å²) in [5.74, 6) is 0.691. The van der Waals surface area contributed by atoms with Crippen molar-refractivity contribution in [3.05, 3.63) is 235 Å². The first-order valence-electron chi connectivity index (χ1n) is 20.3. The monoisotopic (exact) mass is 781 g/mol. The molecule has 1 aliphatic heterocycles. The van der Waals surface area contributed by atoms with Crippen LogP contribution in [0.5, 0.6) is 0 Å². The lowest BCUT2D eigenvalue weighted by molar-refractivity contribution is 0.711. The first-order chi connectivity index (χ1) is 29.7. The molecular weight excluding hydrogens is 747 g/mol. The predicted molar refractivity (Wildman–Crippen MR) is 246 cm³/mol. The van der Waals surface area contributed by atoms with Gasteiger partial charge in [0.1, 0.15) is 0 Å². The molecule has 1 spiro atoms. The molecule has 0 bridgehead atoms. The molecule has 0 radical (unpaired) electrons. The number of aromatic nitrogens is 3. The minimum absolute atomic E-state index is 0.650. The lowest BCUT2D eigenvalue weighted by Gasteiger charge is -2.43. The second kappa shape index (κ2) is 13.9. The molecule has 0 N–H and O–H groups in total. The smallest absolute Gasteiger partial charge is 0.160 e. The van der Waals surface area contributed by atoms with E-state index in [0.29, 0.717) is 5.82 Å². The van der Waals surface area contributed by atoms with Crippen LogP contribution in [0.15, 0.2) is 222 Å². The highest BCUT2D eigenvalue weighted by atomic mass is 32.2. The number of hydrogen-bond donors (Lipinski definition) is 0. The van der Waals surface area contributed by atoms with Crippen LogP contribution in [-0.4, -0.2) is 15.0 Å². The summed E-state index contributed by atoms with van der Waals surface area (Å²) in [4.78, 5) is 17.5. The quantitative estimate of drug-likeness (QED) is 0.178. The Balaban J connectivity index is 1.15. The summed E-state index contributed by atoms with van der Waals surface area (Å²) in [6.45, 7) is 0. The van der Waals surface area contributed by atoms with Crippen molar-refractivity contribution in [2.75, 3.05) is 0 Å². The van der Waals surface area contributed by atoms with E-state index in [0.717, 1.165) is 39.2 Å². The van der Waals surface area contributed by atoms with Gasteiger partial charge in [-0.25, -0.2) is 9.97 Å². The van der Waals surface area contributed by atoms with Crippen LogP contribution >= 0.6 is 11.8 Å². The molecule has 8 aromatic carbocycles. The molecule has 0 saturated heterocycles. The summed E-state index contributed by atoms with van der Waals surface area (Å²) in [6.07, 6.45) is 3.71. The van der Waals surface area contributed by atoms with Crippen LogP contribution < -0.4 is 0 Å². The Morgan fingerprint density at radius 2 is 1.02 bits per heavy atom. The van der Waals surface area contributed by atoms with Crippen LogP contribution in [0.1, 0.15) is 22.3 Å². The zero-order valence-corrected chi connectivity index (χ0v) is 33.3. The first-order valence-corrected chi connectivity index (χ1v) is 21.1. The molecule has 1 unspecified atom stereocenters. The first kappa shape index (κ1) is 34.6. The van der Waals surface area contributed by atoms with Gasteiger partial charge in [0.15, 0.2) is 5.82 Å². The van der Waals surface area contributed by atoms with E-state index in [4.69, 9.17) is 9.97 Å². The molecule has 4 heteroatoms. The highest BCUT2D eigenvalue weighted by molar-refractivity contribution is 7.99. The predicted octanol–water partition coefficient (Wildman–Crippen LogP) is 14.2. The van der Waals surface area contributed by atoms with Crippen molar-refractivity contribution in [1.29, 1.82) is 0 Å². The Morgan fingerprint density at radius 1 is 0.383 bits per heavy atom. The minimum atomic E-state index is -0.650. The Bertz CT molecular complexity index is 3290. The SMILES string of the molecule is c1ccc(-c2nc(-c3ccc(-c4cccnc4)cc3)cc(-c3ccc4c(c3)C3(c5ccccc5Sc5c3ccc3ccccc53)c3ccccc3-c3ccccc3-4)n2)cc1. The average Bonchev–Trinajstić information content (AvgIpc) is 3.43. The highest BCUT2D eigenvalue weighted by Gasteiger charge is 2.48. The van der Waals surface area contributed by atoms with Gasteiger partial charge < -0.3 is 0 Å². The molecule has 2 aliphatic rings. The summed E-state index contributed by atoms with van der Waals surface area (Å²) in [5.41, 5.74) is 16.3. The molecular formula is C56H35N3S. The number of nitrogens with zero attached hydrogens (tertiary/aromatic N) is 3. The van der Waals surface area contributed by atoms with Gasteiger partial charge in [-0.1, -0.05) is 188 Å². The Kier molecular flexibility index (Phi) is 8.00. The van der Waals surface area contributed by atoms with Gasteiger partial charge >= 0.3 is 0 Å². The van der Waals surface area contributed by atoms with E-state index in [1.54, 1.807) is 6.20 Å². The Morgan fingerprint density at radius 3 is 1.82 bits per heavy atom. The van der Waals surface area contributed by atoms with Crippen LogP contribution in [0.3, 0.4) is 0 Å². The molecule has 3 heterocycles. The molecule has 1 aliphatic carbocycles. The van der Waals surface area contributed by atoms with E-state index >= 15 is 0 Å². The maximum absolute atomic E-state index is 5.37. The van der Waals surface area contributed by atoms with Crippen LogP contribution in [-0.2, 0) is 5.41 Å². The van der Waals surface area contributed by atoms with Crippen molar-refractivity contribution in [1.82, 2.24) is 15.0 Å². The molecule has 10 aromatic rings. The van der Waals surface area contributed by atoms with Gasteiger partial charge in [-0.05, 0) is 90.7 Å². The van der Waals surface area contributed by atoms with Gasteiger partial charge in [0.05, 0.1) is 16.8 Å². The van der Waals surface area contributed by atoms with Crippen LogP contribution in [0, 0.1) is 0 Å². The van der Waals surface area contributed by atoms with Crippen molar-refractivity contribution in [3.63, 3.8) is 0 Å². The summed E-state index contributed by atoms with van der Waals surface area (Å²) in [6, 6.07) is 72.8. The zero-order valence-electron chi connectivity index (χ0n) is 32.5. The largest absolute Gasteiger partial charge is 0.264 e. The molecule has 12 rings (SSSR count). The van der Waals surface area contributed by atoms with Crippen molar-refractivity contribution in [2.45, 2.75) is 15.2 Å². The van der Waals surface area contributed by atoms with Crippen LogP contribution in [0.2, 0.25) is 0 Å². The van der Waals surface area contributed by atoms with E-state index in [2.05, 4.69) is 193 Å². The molecule has 0 saturated carbocycles. The normalized spacial score (nSPS) is 14.7. The maximum Gasteiger partial charge on any atom is 0.160 e. The third-order valence-electron chi connectivity index (χ3n) is 12.3. The van der Waals surface area contributed by atoms with Crippen LogP contribution in [0.25, 0.3) is 78.1 Å². The molecule has 60 heavy (non-hydrogen) atoms. The van der Waals surface area contributed by atoms with Gasteiger partial charge in [0, 0.05) is 38.9 Å². The third-order valence-corrected chi connectivity index (χ3v) is 13.5. The van der Waals surface area contributed by atoms with Gasteiger partial charge in [-0.3, -0.25) is 4.98 Å². The second-order valence-electron chi connectivity index (χ2n) is 15.5. The van der Waals surface area contributed by atoms with Crippen molar-refractivity contribution in [2.24, 2.45) is 0 Å². The number of rotatable bonds is 4. The minimum Gasteiger partial charge on any atom is -0.264 e. The summed E-state index contributed by atoms with van der Waals surface area (Å²) in [5, 5.41) is 2.51. The molecule has 0 fully saturated rings. The third kappa shape index (κ3) is 5.35. The summed E-state index contributed by atoms with van der Waals surface area (Å²) < 4.78 is 0.